The zero-order valence-corrected chi connectivity index (χ0v) is 15.1. The maximum absolute atomic E-state index is 13.0. The monoisotopic (exact) mass is 443 g/mol. The molecule has 0 aliphatic rings. The van der Waals surface area contributed by atoms with Crippen molar-refractivity contribution in [2.45, 2.75) is 18.0 Å². The minimum atomic E-state index is -5.98. The quantitative estimate of drug-likeness (QED) is 0.286. The van der Waals surface area contributed by atoms with Gasteiger partial charge in [0.15, 0.2) is 0 Å². The van der Waals surface area contributed by atoms with Crippen molar-refractivity contribution in [1.29, 1.82) is 0 Å². The molecule has 0 radical (unpaired) electrons. The summed E-state index contributed by atoms with van der Waals surface area (Å²) in [6, 6.07) is 5.99. The number of aliphatic hydroxyl groups is 1. The lowest BCUT2D eigenvalue weighted by Gasteiger charge is -2.32. The SMILES string of the molecule is O=c1[nH]c2ccc3[nH][nH]nc3c2c1C=Nc1ccc(C(O)(C(F)(F)F)C(F)(F)F)cc1. The Morgan fingerprint density at radius 2 is 1.55 bits per heavy atom. The van der Waals surface area contributed by atoms with Gasteiger partial charge in [0.05, 0.1) is 22.3 Å². The van der Waals surface area contributed by atoms with Crippen molar-refractivity contribution in [3.63, 3.8) is 0 Å². The number of benzene rings is 2. The molecule has 2 aromatic carbocycles. The number of hydrogen-bond donors (Lipinski definition) is 4. The van der Waals surface area contributed by atoms with Gasteiger partial charge in [-0.25, -0.2) is 5.21 Å². The maximum Gasteiger partial charge on any atom is 0.430 e. The largest absolute Gasteiger partial charge is 0.430 e. The Bertz CT molecular complexity index is 1330. The summed E-state index contributed by atoms with van der Waals surface area (Å²) in [5.41, 5.74) is -5.36. The second kappa shape index (κ2) is 6.70. The molecule has 4 rings (SSSR count). The molecule has 0 unspecified atom stereocenters. The summed E-state index contributed by atoms with van der Waals surface area (Å²) in [6.45, 7) is 0. The van der Waals surface area contributed by atoms with Crippen LogP contribution in [0.3, 0.4) is 0 Å². The van der Waals surface area contributed by atoms with Crippen LogP contribution in [0.5, 0.6) is 0 Å². The summed E-state index contributed by atoms with van der Waals surface area (Å²) in [7, 11) is 0. The first-order valence-electron chi connectivity index (χ1n) is 8.51. The molecule has 162 valence electrons. The maximum atomic E-state index is 13.0. The van der Waals surface area contributed by atoms with Crippen molar-refractivity contribution < 1.29 is 31.4 Å². The highest BCUT2D eigenvalue weighted by molar-refractivity contribution is 6.11. The third-order valence-electron chi connectivity index (χ3n) is 4.75. The van der Waals surface area contributed by atoms with Crippen LogP contribution in [0.2, 0.25) is 0 Å². The summed E-state index contributed by atoms with van der Waals surface area (Å²) in [6.07, 6.45) is -10.8. The minimum absolute atomic E-state index is 0.0371. The van der Waals surface area contributed by atoms with Gasteiger partial charge in [-0.3, -0.25) is 14.9 Å². The van der Waals surface area contributed by atoms with E-state index in [2.05, 4.69) is 25.4 Å². The fraction of sp³-hybridized carbons (Fsp3) is 0.167. The molecule has 0 spiro atoms. The van der Waals surface area contributed by atoms with Crippen molar-refractivity contribution in [2.24, 2.45) is 4.99 Å². The Balaban J connectivity index is 1.73. The van der Waals surface area contributed by atoms with E-state index in [1.807, 2.05) is 0 Å². The zero-order chi connectivity index (χ0) is 22.6. The topological polar surface area (TPSA) is 110 Å². The summed E-state index contributed by atoms with van der Waals surface area (Å²) in [5, 5.41) is 19.2. The lowest BCUT2D eigenvalue weighted by atomic mass is 9.92. The molecule has 2 aromatic heterocycles. The number of aliphatic imine (C=N–C) groups is 1. The van der Waals surface area contributed by atoms with Crippen LogP contribution in [0.1, 0.15) is 11.1 Å². The van der Waals surface area contributed by atoms with E-state index >= 15 is 0 Å². The Labute approximate surface area is 167 Å². The van der Waals surface area contributed by atoms with Gasteiger partial charge in [0.25, 0.3) is 11.2 Å². The zero-order valence-electron chi connectivity index (χ0n) is 15.1. The third kappa shape index (κ3) is 3.17. The highest BCUT2D eigenvalue weighted by Crippen LogP contribution is 2.50. The van der Waals surface area contributed by atoms with E-state index in [9.17, 15) is 36.2 Å². The molecule has 0 saturated carbocycles. The minimum Gasteiger partial charge on any atom is -0.369 e. The number of alkyl halides is 6. The van der Waals surface area contributed by atoms with Gasteiger partial charge in [-0.15, -0.1) is 0 Å². The Hall–Kier alpha value is -3.61. The Kier molecular flexibility index (Phi) is 4.46. The number of aromatic amines is 3. The summed E-state index contributed by atoms with van der Waals surface area (Å²) in [5.74, 6) is 0. The molecular formula is C18H11F6N5O2. The van der Waals surface area contributed by atoms with Crippen molar-refractivity contribution in [3.8, 4) is 0 Å². The van der Waals surface area contributed by atoms with E-state index in [0.717, 1.165) is 18.3 Å². The molecular weight excluding hydrogens is 432 g/mol. The molecule has 7 nitrogen and oxygen atoms in total. The molecule has 0 bridgehead atoms. The van der Waals surface area contributed by atoms with E-state index in [1.54, 1.807) is 12.1 Å². The van der Waals surface area contributed by atoms with Gasteiger partial charge in [-0.05, 0) is 24.3 Å². The first kappa shape index (κ1) is 20.7. The number of aromatic nitrogens is 4. The predicted molar refractivity (Wildman–Crippen MR) is 98.3 cm³/mol. The number of nitrogens with one attached hydrogen (secondary N) is 3. The van der Waals surface area contributed by atoms with E-state index in [-0.39, 0.29) is 11.3 Å². The average Bonchev–Trinajstić information content (AvgIpc) is 3.27. The second-order valence-electron chi connectivity index (χ2n) is 6.61. The predicted octanol–water partition coefficient (Wildman–Crippen LogP) is 3.80. The fourth-order valence-corrected chi connectivity index (χ4v) is 3.17. The van der Waals surface area contributed by atoms with Crippen molar-refractivity contribution >= 4 is 33.8 Å². The van der Waals surface area contributed by atoms with E-state index in [0.29, 0.717) is 34.1 Å². The van der Waals surface area contributed by atoms with Crippen molar-refractivity contribution in [1.82, 2.24) is 20.4 Å². The Morgan fingerprint density at radius 1 is 0.935 bits per heavy atom. The summed E-state index contributed by atoms with van der Waals surface area (Å²) in [4.78, 5) is 18.8. The van der Waals surface area contributed by atoms with Crippen LogP contribution in [0.25, 0.3) is 21.9 Å². The van der Waals surface area contributed by atoms with Crippen LogP contribution >= 0.6 is 0 Å². The lowest BCUT2D eigenvalue weighted by Crippen LogP contribution is -2.53. The molecule has 31 heavy (non-hydrogen) atoms. The third-order valence-corrected chi connectivity index (χ3v) is 4.75. The molecule has 13 heteroatoms. The van der Waals surface area contributed by atoms with Crippen LogP contribution < -0.4 is 5.56 Å². The average molecular weight is 443 g/mol. The van der Waals surface area contributed by atoms with Crippen molar-refractivity contribution in [2.75, 3.05) is 0 Å². The second-order valence-corrected chi connectivity index (χ2v) is 6.61. The molecule has 0 fully saturated rings. The van der Waals surface area contributed by atoms with Crippen LogP contribution in [-0.2, 0) is 5.60 Å². The van der Waals surface area contributed by atoms with E-state index in [1.165, 1.54) is 0 Å². The Morgan fingerprint density at radius 3 is 2.16 bits per heavy atom. The molecule has 4 N–H and O–H groups in total. The summed E-state index contributed by atoms with van der Waals surface area (Å²) >= 11 is 0. The molecule has 2 heterocycles. The van der Waals surface area contributed by atoms with E-state index in [4.69, 9.17) is 0 Å². The van der Waals surface area contributed by atoms with Crippen LogP contribution in [-0.4, -0.2) is 44.1 Å². The van der Waals surface area contributed by atoms with Crippen molar-refractivity contribution in [3.05, 3.63) is 57.9 Å². The van der Waals surface area contributed by atoms with Gasteiger partial charge in [0, 0.05) is 17.2 Å². The first-order valence-corrected chi connectivity index (χ1v) is 8.51. The number of rotatable bonds is 3. The standard InChI is InChI=1S/C18H11F6N5O2/c19-17(20,21)16(31,18(22,23)24)8-1-3-9(4-2-8)25-7-10-13-11(26-15(10)30)5-6-12-14(13)28-29-27-12/h1-7,27,29,31H,(H,26,30). The highest BCUT2D eigenvalue weighted by atomic mass is 19.4. The summed E-state index contributed by atoms with van der Waals surface area (Å²) < 4.78 is 77.8. The lowest BCUT2D eigenvalue weighted by molar-refractivity contribution is -0.376. The van der Waals surface area contributed by atoms with Gasteiger partial charge in [0.2, 0.25) is 0 Å². The van der Waals surface area contributed by atoms with Gasteiger partial charge in [-0.1, -0.05) is 12.1 Å². The number of hydrogen-bond acceptors (Lipinski definition) is 4. The van der Waals surface area contributed by atoms with Gasteiger partial charge >= 0.3 is 12.4 Å². The van der Waals surface area contributed by atoms with Crippen LogP contribution in [0.15, 0.2) is 46.2 Å². The van der Waals surface area contributed by atoms with Gasteiger partial charge < -0.3 is 10.1 Å². The van der Waals surface area contributed by atoms with Gasteiger partial charge in [-0.2, -0.15) is 31.4 Å². The molecule has 0 aliphatic heterocycles. The number of H-pyrrole nitrogens is 3. The molecule has 4 aromatic rings. The van der Waals surface area contributed by atoms with E-state index < -0.39 is 29.1 Å². The molecule has 0 saturated heterocycles. The molecule has 0 atom stereocenters. The number of fused-ring (bicyclic) bond motifs is 3. The fourth-order valence-electron chi connectivity index (χ4n) is 3.17. The van der Waals surface area contributed by atoms with Crippen LogP contribution in [0, 0.1) is 0 Å². The molecule has 0 amide bonds. The number of halogens is 6. The smallest absolute Gasteiger partial charge is 0.369 e. The highest BCUT2D eigenvalue weighted by Gasteiger charge is 2.71. The number of nitrogens with zero attached hydrogens (tertiary/aromatic N) is 2. The normalized spacial score (nSPS) is 13.6. The van der Waals surface area contributed by atoms with Gasteiger partial charge in [0.1, 0.15) is 5.52 Å². The first-order chi connectivity index (χ1) is 14.4. The molecule has 0 aliphatic carbocycles. The van der Waals surface area contributed by atoms with Crippen LogP contribution in [0.4, 0.5) is 32.0 Å².